The molecule has 3 amide bonds. The number of nitrogens with zero attached hydrogens (tertiary/aromatic N) is 3. The van der Waals surface area contributed by atoms with E-state index in [9.17, 15) is 14.4 Å². The molecule has 0 spiro atoms. The molecule has 3 heterocycles. The van der Waals surface area contributed by atoms with Crippen molar-refractivity contribution in [3.8, 4) is 6.07 Å². The first kappa shape index (κ1) is 23.2. The first-order valence-electron chi connectivity index (χ1n) is 12.0. The summed E-state index contributed by atoms with van der Waals surface area (Å²) in [4.78, 5) is 40.5. The summed E-state index contributed by atoms with van der Waals surface area (Å²) in [6.45, 7) is 4.74. The van der Waals surface area contributed by atoms with Gasteiger partial charge in [0.25, 0.3) is 5.91 Å². The molecule has 0 saturated carbocycles. The van der Waals surface area contributed by atoms with Crippen molar-refractivity contribution < 1.29 is 18.8 Å². The minimum absolute atomic E-state index is 0.0679. The van der Waals surface area contributed by atoms with E-state index in [0.717, 1.165) is 43.6 Å². The molecule has 2 aromatic rings. The average molecular weight is 475 g/mol. The summed E-state index contributed by atoms with van der Waals surface area (Å²) in [5.41, 5.74) is 4.64. The van der Waals surface area contributed by atoms with E-state index < -0.39 is 11.9 Å². The SMILES string of the molecule is Cc1cc(C#N)ccc1CN1CCC(c2cc3c(cc2F)C(=O)N(C2CCC(=O)NC2=O)C3)CC1. The van der Waals surface area contributed by atoms with Crippen molar-refractivity contribution in [3.63, 3.8) is 0 Å². The summed E-state index contributed by atoms with van der Waals surface area (Å²) in [6.07, 6.45) is 2.11. The van der Waals surface area contributed by atoms with Crippen LogP contribution in [0.4, 0.5) is 4.39 Å². The van der Waals surface area contributed by atoms with Crippen LogP contribution in [0.2, 0.25) is 0 Å². The van der Waals surface area contributed by atoms with Crippen molar-refractivity contribution in [2.45, 2.75) is 57.7 Å². The summed E-state index contributed by atoms with van der Waals surface area (Å²) in [7, 11) is 0. The fourth-order valence-electron chi connectivity index (χ4n) is 5.51. The molecule has 3 aliphatic rings. The van der Waals surface area contributed by atoms with Crippen LogP contribution >= 0.6 is 0 Å². The van der Waals surface area contributed by atoms with Gasteiger partial charge in [0, 0.05) is 25.1 Å². The first-order valence-corrected chi connectivity index (χ1v) is 12.0. The third kappa shape index (κ3) is 4.44. The van der Waals surface area contributed by atoms with E-state index in [-0.39, 0.29) is 42.9 Å². The molecule has 1 N–H and O–H groups in total. The van der Waals surface area contributed by atoms with Crippen molar-refractivity contribution in [3.05, 3.63) is 69.5 Å². The highest BCUT2D eigenvalue weighted by atomic mass is 19.1. The monoisotopic (exact) mass is 474 g/mol. The van der Waals surface area contributed by atoms with Gasteiger partial charge in [0.2, 0.25) is 11.8 Å². The lowest BCUT2D eigenvalue weighted by Crippen LogP contribution is -2.52. The van der Waals surface area contributed by atoms with Crippen LogP contribution in [-0.4, -0.2) is 46.7 Å². The van der Waals surface area contributed by atoms with Gasteiger partial charge >= 0.3 is 0 Å². The molecule has 2 fully saturated rings. The van der Waals surface area contributed by atoms with Crippen LogP contribution in [0.1, 0.15) is 69.8 Å². The number of nitriles is 1. The maximum Gasteiger partial charge on any atom is 0.255 e. The van der Waals surface area contributed by atoms with E-state index in [1.807, 2.05) is 25.1 Å². The van der Waals surface area contributed by atoms with Gasteiger partial charge in [0.1, 0.15) is 11.9 Å². The summed E-state index contributed by atoms with van der Waals surface area (Å²) in [5, 5.41) is 11.4. The first-order chi connectivity index (χ1) is 16.8. The highest BCUT2D eigenvalue weighted by Crippen LogP contribution is 2.35. The number of hydrogen-bond acceptors (Lipinski definition) is 5. The number of rotatable bonds is 4. The van der Waals surface area contributed by atoms with Gasteiger partial charge in [-0.15, -0.1) is 0 Å². The minimum Gasteiger partial charge on any atom is -0.322 e. The lowest BCUT2D eigenvalue weighted by atomic mass is 9.87. The number of fused-ring (bicyclic) bond motifs is 1. The van der Waals surface area contributed by atoms with Gasteiger partial charge in [0.05, 0.1) is 11.6 Å². The Balaban J connectivity index is 1.26. The number of piperidine rings is 2. The van der Waals surface area contributed by atoms with E-state index in [0.29, 0.717) is 16.7 Å². The van der Waals surface area contributed by atoms with Crippen LogP contribution in [0, 0.1) is 24.1 Å². The number of carbonyl (C=O) groups excluding carboxylic acids is 3. The molecule has 0 radical (unpaired) electrons. The van der Waals surface area contributed by atoms with Crippen LogP contribution < -0.4 is 5.32 Å². The number of imide groups is 1. The molecule has 1 unspecified atom stereocenters. The molecule has 5 rings (SSSR count). The highest BCUT2D eigenvalue weighted by molar-refractivity contribution is 6.05. The standard InChI is InChI=1S/C27H27FN4O3/c1-16-10-17(13-29)2-3-19(16)14-31-8-6-18(7-9-31)21-11-20-15-32(27(35)22(20)12-23(21)28)24-4-5-25(33)30-26(24)34/h2-3,10-12,18,24H,4-9,14-15H2,1H3,(H,30,33,34). The van der Waals surface area contributed by atoms with Gasteiger partial charge in [-0.2, -0.15) is 5.26 Å². The van der Waals surface area contributed by atoms with Crippen LogP contribution in [0.15, 0.2) is 30.3 Å². The van der Waals surface area contributed by atoms with Crippen molar-refractivity contribution >= 4 is 17.7 Å². The Morgan fingerprint density at radius 1 is 1.11 bits per heavy atom. The van der Waals surface area contributed by atoms with E-state index >= 15 is 4.39 Å². The van der Waals surface area contributed by atoms with Gasteiger partial charge in [-0.1, -0.05) is 12.1 Å². The summed E-state index contributed by atoms with van der Waals surface area (Å²) in [5.74, 6) is -1.45. The largest absolute Gasteiger partial charge is 0.322 e. The predicted octanol–water partition coefficient (Wildman–Crippen LogP) is 3.15. The molecule has 0 aliphatic carbocycles. The Kier molecular flexibility index (Phi) is 6.12. The number of amides is 3. The fraction of sp³-hybridized carbons (Fsp3) is 0.407. The molecule has 35 heavy (non-hydrogen) atoms. The molecule has 0 bridgehead atoms. The molecule has 0 aromatic heterocycles. The quantitative estimate of drug-likeness (QED) is 0.688. The second-order valence-electron chi connectivity index (χ2n) is 9.73. The zero-order chi connectivity index (χ0) is 24.7. The van der Waals surface area contributed by atoms with Crippen molar-refractivity contribution in [1.29, 1.82) is 5.26 Å². The summed E-state index contributed by atoms with van der Waals surface area (Å²) in [6, 6.07) is 10.3. The van der Waals surface area contributed by atoms with Crippen LogP contribution in [-0.2, 0) is 22.7 Å². The summed E-state index contributed by atoms with van der Waals surface area (Å²) >= 11 is 0. The second kappa shape index (κ2) is 9.23. The molecule has 2 aromatic carbocycles. The predicted molar refractivity (Wildman–Crippen MR) is 126 cm³/mol. The van der Waals surface area contributed by atoms with Crippen molar-refractivity contribution in [2.24, 2.45) is 0 Å². The molecule has 180 valence electrons. The van der Waals surface area contributed by atoms with Gasteiger partial charge in [-0.25, -0.2) is 4.39 Å². The van der Waals surface area contributed by atoms with E-state index in [2.05, 4.69) is 16.3 Å². The number of nitrogens with one attached hydrogen (secondary N) is 1. The van der Waals surface area contributed by atoms with Gasteiger partial charge < -0.3 is 4.90 Å². The molecule has 7 nitrogen and oxygen atoms in total. The highest BCUT2D eigenvalue weighted by Gasteiger charge is 2.40. The minimum atomic E-state index is -0.701. The number of halogens is 1. The maximum atomic E-state index is 15.1. The van der Waals surface area contributed by atoms with Crippen LogP contribution in [0.25, 0.3) is 0 Å². The number of benzene rings is 2. The van der Waals surface area contributed by atoms with Gasteiger partial charge in [-0.3, -0.25) is 24.6 Å². The zero-order valence-electron chi connectivity index (χ0n) is 19.6. The number of aryl methyl sites for hydroxylation is 1. The Morgan fingerprint density at radius 3 is 2.57 bits per heavy atom. The van der Waals surface area contributed by atoms with Crippen LogP contribution in [0.5, 0.6) is 0 Å². The Morgan fingerprint density at radius 2 is 1.89 bits per heavy atom. The topological polar surface area (TPSA) is 93.5 Å². The summed E-state index contributed by atoms with van der Waals surface area (Å²) < 4.78 is 15.1. The number of likely N-dealkylation sites (tertiary alicyclic amines) is 1. The molecule has 2 saturated heterocycles. The average Bonchev–Trinajstić information content (AvgIpc) is 3.15. The Hall–Kier alpha value is -3.57. The molecular formula is C27H27FN4O3. The normalized spacial score (nSPS) is 21.1. The molecule has 1 atom stereocenters. The third-order valence-electron chi connectivity index (χ3n) is 7.53. The van der Waals surface area contributed by atoms with Crippen LogP contribution in [0.3, 0.4) is 0 Å². The Labute approximate surface area is 203 Å². The van der Waals surface area contributed by atoms with E-state index in [1.165, 1.54) is 16.5 Å². The van der Waals surface area contributed by atoms with Crippen molar-refractivity contribution in [1.82, 2.24) is 15.1 Å². The lowest BCUT2D eigenvalue weighted by Gasteiger charge is -2.33. The Bertz CT molecular complexity index is 1260. The van der Waals surface area contributed by atoms with Gasteiger partial charge in [-0.05, 0) is 85.6 Å². The fourth-order valence-corrected chi connectivity index (χ4v) is 5.51. The second-order valence-corrected chi connectivity index (χ2v) is 9.73. The lowest BCUT2D eigenvalue weighted by molar-refractivity contribution is -0.136. The smallest absolute Gasteiger partial charge is 0.255 e. The van der Waals surface area contributed by atoms with Gasteiger partial charge in [0.15, 0.2) is 0 Å². The van der Waals surface area contributed by atoms with Crippen molar-refractivity contribution in [2.75, 3.05) is 13.1 Å². The molecular weight excluding hydrogens is 447 g/mol. The maximum absolute atomic E-state index is 15.1. The third-order valence-corrected chi connectivity index (χ3v) is 7.53. The number of hydrogen-bond donors (Lipinski definition) is 1. The zero-order valence-corrected chi connectivity index (χ0v) is 19.6. The molecule has 3 aliphatic heterocycles. The number of carbonyl (C=O) groups is 3. The van der Waals surface area contributed by atoms with E-state index in [4.69, 9.17) is 5.26 Å². The van der Waals surface area contributed by atoms with E-state index in [1.54, 1.807) is 6.07 Å². The molecule has 8 heteroatoms.